The van der Waals surface area contributed by atoms with Crippen LogP contribution in [0.4, 0.5) is 5.69 Å². The number of nitrogens with zero attached hydrogens (tertiary/aromatic N) is 1. The van der Waals surface area contributed by atoms with Crippen molar-refractivity contribution in [2.24, 2.45) is 0 Å². The zero-order valence-corrected chi connectivity index (χ0v) is 10.2. The number of rotatable bonds is 3. The molecule has 0 heterocycles. The molecule has 0 radical (unpaired) electrons. The Morgan fingerprint density at radius 3 is 2.73 bits per heavy atom. The van der Waals surface area contributed by atoms with Crippen LogP contribution in [0.1, 0.15) is 0 Å². The van der Waals surface area contributed by atoms with Gasteiger partial charge >= 0.3 is 0 Å². The fourth-order valence-corrected chi connectivity index (χ4v) is 2.03. The monoisotopic (exact) mass is 244 g/mol. The lowest BCUT2D eigenvalue weighted by Gasteiger charge is -2.09. The van der Waals surface area contributed by atoms with Crippen LogP contribution in [0.5, 0.6) is 0 Å². The van der Waals surface area contributed by atoms with Crippen LogP contribution in [0.25, 0.3) is 0 Å². The molecule has 3 nitrogen and oxygen atoms in total. The smallest absolute Gasteiger partial charge is 0.232 e. The molecule has 0 aromatic heterocycles. The maximum absolute atomic E-state index is 11.3. The van der Waals surface area contributed by atoms with Gasteiger partial charge in [-0.2, -0.15) is 0 Å². The van der Waals surface area contributed by atoms with Crippen LogP contribution in [-0.4, -0.2) is 30.7 Å². The minimum absolute atomic E-state index is 0.0768. The molecular weight excluding hydrogens is 232 g/mol. The predicted octanol–water partition coefficient (Wildman–Crippen LogP) is 2.10. The summed E-state index contributed by atoms with van der Waals surface area (Å²) in [5.74, 6) is 0.487. The lowest BCUT2D eigenvalue weighted by molar-refractivity contribution is -0.125. The van der Waals surface area contributed by atoms with Gasteiger partial charge in [-0.1, -0.05) is 11.6 Å². The number of carbonyl (C=O) groups is 1. The van der Waals surface area contributed by atoms with Gasteiger partial charge < -0.3 is 10.6 Å². The van der Waals surface area contributed by atoms with Crippen molar-refractivity contribution in [3.63, 3.8) is 0 Å². The SMILES string of the molecule is CN(C)C(=O)CSc1ccc(N)c(Cl)c1. The fourth-order valence-electron chi connectivity index (χ4n) is 0.872. The van der Waals surface area contributed by atoms with E-state index in [1.54, 1.807) is 31.1 Å². The van der Waals surface area contributed by atoms with E-state index in [9.17, 15) is 4.79 Å². The standard InChI is InChI=1S/C10H13ClN2OS/c1-13(2)10(14)6-15-7-3-4-9(12)8(11)5-7/h3-5H,6,12H2,1-2H3. The molecule has 1 rings (SSSR count). The molecule has 0 atom stereocenters. The van der Waals surface area contributed by atoms with E-state index in [4.69, 9.17) is 17.3 Å². The highest BCUT2D eigenvalue weighted by Crippen LogP contribution is 2.26. The molecule has 0 saturated heterocycles. The molecule has 1 amide bonds. The normalized spacial score (nSPS) is 10.1. The molecule has 0 unspecified atom stereocenters. The number of hydrogen-bond acceptors (Lipinski definition) is 3. The molecule has 5 heteroatoms. The van der Waals surface area contributed by atoms with E-state index in [1.165, 1.54) is 11.8 Å². The second kappa shape index (κ2) is 5.28. The van der Waals surface area contributed by atoms with Gasteiger partial charge in [0.05, 0.1) is 16.5 Å². The van der Waals surface area contributed by atoms with E-state index < -0.39 is 0 Å². The van der Waals surface area contributed by atoms with Crippen LogP contribution in [-0.2, 0) is 4.79 Å². The van der Waals surface area contributed by atoms with Gasteiger partial charge in [-0.25, -0.2) is 0 Å². The Kier molecular flexibility index (Phi) is 4.29. The maximum atomic E-state index is 11.3. The average molecular weight is 245 g/mol. The quantitative estimate of drug-likeness (QED) is 0.654. The molecule has 1 aromatic carbocycles. The number of anilines is 1. The fraction of sp³-hybridized carbons (Fsp3) is 0.300. The third-order valence-corrected chi connectivity index (χ3v) is 3.14. The van der Waals surface area contributed by atoms with Crippen molar-refractivity contribution in [3.05, 3.63) is 23.2 Å². The summed E-state index contributed by atoms with van der Waals surface area (Å²) in [6, 6.07) is 5.37. The van der Waals surface area contributed by atoms with Crippen molar-refractivity contribution in [1.82, 2.24) is 4.90 Å². The summed E-state index contributed by atoms with van der Waals surface area (Å²) in [5.41, 5.74) is 6.13. The first kappa shape index (κ1) is 12.2. The molecule has 0 saturated carbocycles. The molecule has 0 spiro atoms. The summed E-state index contributed by atoms with van der Waals surface area (Å²) >= 11 is 7.31. The Hall–Kier alpha value is -0.870. The molecule has 0 bridgehead atoms. The summed E-state index contributed by atoms with van der Waals surface area (Å²) in [6.07, 6.45) is 0. The number of hydrogen-bond donors (Lipinski definition) is 1. The van der Waals surface area contributed by atoms with E-state index in [0.717, 1.165) is 4.90 Å². The topological polar surface area (TPSA) is 46.3 Å². The van der Waals surface area contributed by atoms with Crippen LogP contribution in [0.2, 0.25) is 5.02 Å². The third-order valence-electron chi connectivity index (χ3n) is 1.83. The highest BCUT2D eigenvalue weighted by molar-refractivity contribution is 8.00. The number of amides is 1. The van der Waals surface area contributed by atoms with Gasteiger partial charge in [-0.05, 0) is 18.2 Å². The second-order valence-corrected chi connectivity index (χ2v) is 4.72. The number of nitrogens with two attached hydrogens (primary N) is 1. The van der Waals surface area contributed by atoms with Gasteiger partial charge in [0, 0.05) is 19.0 Å². The Bertz CT molecular complexity index is 368. The number of thioether (sulfide) groups is 1. The minimum atomic E-state index is 0.0768. The van der Waals surface area contributed by atoms with Crippen molar-refractivity contribution in [2.75, 3.05) is 25.6 Å². The summed E-state index contributed by atoms with van der Waals surface area (Å²) < 4.78 is 0. The van der Waals surface area contributed by atoms with E-state index in [1.807, 2.05) is 6.07 Å². The van der Waals surface area contributed by atoms with Gasteiger partial charge in [0.25, 0.3) is 0 Å². The van der Waals surface area contributed by atoms with Crippen LogP contribution in [0.3, 0.4) is 0 Å². The van der Waals surface area contributed by atoms with Crippen LogP contribution in [0.15, 0.2) is 23.1 Å². The summed E-state index contributed by atoms with van der Waals surface area (Å²) in [7, 11) is 3.47. The lowest BCUT2D eigenvalue weighted by Crippen LogP contribution is -2.23. The van der Waals surface area contributed by atoms with Crippen LogP contribution in [0, 0.1) is 0 Å². The molecule has 82 valence electrons. The van der Waals surface area contributed by atoms with Crippen molar-refractivity contribution >= 4 is 35.0 Å². The summed E-state index contributed by atoms with van der Waals surface area (Å²) in [6.45, 7) is 0. The second-order valence-electron chi connectivity index (χ2n) is 3.26. The Balaban J connectivity index is 2.58. The number of nitrogen functional groups attached to an aromatic ring is 1. The van der Waals surface area contributed by atoms with Gasteiger partial charge in [0.1, 0.15) is 0 Å². The number of benzene rings is 1. The van der Waals surface area contributed by atoms with E-state index in [2.05, 4.69) is 0 Å². The van der Waals surface area contributed by atoms with E-state index >= 15 is 0 Å². The summed E-state index contributed by atoms with van der Waals surface area (Å²) in [4.78, 5) is 13.8. The molecular formula is C10H13ClN2OS. The Morgan fingerprint density at radius 1 is 1.53 bits per heavy atom. The van der Waals surface area contributed by atoms with Gasteiger partial charge in [0.15, 0.2) is 0 Å². The molecule has 15 heavy (non-hydrogen) atoms. The van der Waals surface area contributed by atoms with Crippen molar-refractivity contribution in [1.29, 1.82) is 0 Å². The van der Waals surface area contributed by atoms with Crippen molar-refractivity contribution in [3.8, 4) is 0 Å². The predicted molar refractivity (Wildman–Crippen MR) is 65.3 cm³/mol. The molecule has 0 aliphatic rings. The maximum Gasteiger partial charge on any atom is 0.232 e. The zero-order chi connectivity index (χ0) is 11.4. The largest absolute Gasteiger partial charge is 0.398 e. The first-order valence-electron chi connectivity index (χ1n) is 4.38. The Morgan fingerprint density at radius 2 is 2.20 bits per heavy atom. The van der Waals surface area contributed by atoms with E-state index in [0.29, 0.717) is 16.5 Å². The molecule has 2 N–H and O–H groups in total. The molecule has 0 aliphatic carbocycles. The molecule has 1 aromatic rings. The van der Waals surface area contributed by atoms with E-state index in [-0.39, 0.29) is 5.91 Å². The number of halogens is 1. The van der Waals surface area contributed by atoms with Gasteiger partial charge in [0.2, 0.25) is 5.91 Å². The molecule has 0 aliphatic heterocycles. The van der Waals surface area contributed by atoms with Crippen LogP contribution >= 0.6 is 23.4 Å². The zero-order valence-electron chi connectivity index (χ0n) is 8.66. The Labute approximate surface area is 98.6 Å². The highest BCUT2D eigenvalue weighted by Gasteiger charge is 2.05. The highest BCUT2D eigenvalue weighted by atomic mass is 35.5. The van der Waals surface area contributed by atoms with Crippen molar-refractivity contribution < 1.29 is 4.79 Å². The molecule has 0 fully saturated rings. The summed E-state index contributed by atoms with van der Waals surface area (Å²) in [5, 5.41) is 0.525. The average Bonchev–Trinajstić information content (AvgIpc) is 2.19. The lowest BCUT2D eigenvalue weighted by atomic mass is 10.3. The first-order valence-corrected chi connectivity index (χ1v) is 5.75. The number of carbonyl (C=O) groups excluding carboxylic acids is 1. The van der Waals surface area contributed by atoms with Crippen LogP contribution < -0.4 is 5.73 Å². The van der Waals surface area contributed by atoms with Gasteiger partial charge in [-0.3, -0.25) is 4.79 Å². The third kappa shape index (κ3) is 3.64. The van der Waals surface area contributed by atoms with Crippen molar-refractivity contribution in [2.45, 2.75) is 4.90 Å². The first-order chi connectivity index (χ1) is 7.00. The minimum Gasteiger partial charge on any atom is -0.398 e. The van der Waals surface area contributed by atoms with Gasteiger partial charge in [-0.15, -0.1) is 11.8 Å².